The molecule has 0 radical (unpaired) electrons. The van der Waals surface area contributed by atoms with Crippen molar-refractivity contribution >= 4 is 10.0 Å². The lowest BCUT2D eigenvalue weighted by Crippen LogP contribution is -2.51. The summed E-state index contributed by atoms with van der Waals surface area (Å²) in [5.74, 6) is 0.939. The number of hydrogen-bond donors (Lipinski definition) is 1. The molecule has 5 nitrogen and oxygen atoms in total. The molecule has 1 aromatic carbocycles. The summed E-state index contributed by atoms with van der Waals surface area (Å²) in [5.41, 5.74) is 1.52. The lowest BCUT2D eigenvalue weighted by molar-refractivity contribution is 0.101. The molecule has 0 unspecified atom stereocenters. The number of ether oxygens (including phenoxy) is 1. The van der Waals surface area contributed by atoms with Gasteiger partial charge in [0.2, 0.25) is 10.0 Å². The Bertz CT molecular complexity index is 639. The van der Waals surface area contributed by atoms with Gasteiger partial charge in [0.05, 0.1) is 13.4 Å². The van der Waals surface area contributed by atoms with Crippen molar-refractivity contribution < 1.29 is 13.2 Å². The third-order valence-corrected chi connectivity index (χ3v) is 5.60. The third kappa shape index (κ3) is 3.45. The minimum atomic E-state index is -3.08. The highest BCUT2D eigenvalue weighted by Crippen LogP contribution is 2.48. The molecular formula is C16H24N2O3S. The monoisotopic (exact) mass is 324 g/mol. The van der Waals surface area contributed by atoms with Crippen LogP contribution >= 0.6 is 0 Å². The van der Waals surface area contributed by atoms with Gasteiger partial charge in [-0.15, -0.1) is 0 Å². The lowest BCUT2D eigenvalue weighted by atomic mass is 9.65. The van der Waals surface area contributed by atoms with Crippen LogP contribution in [0.3, 0.4) is 0 Å². The van der Waals surface area contributed by atoms with Crippen molar-refractivity contribution in [2.24, 2.45) is 5.41 Å². The fourth-order valence-corrected chi connectivity index (χ4v) is 4.71. The fourth-order valence-electron chi connectivity index (χ4n) is 3.94. The molecule has 1 N–H and O–H groups in total. The maximum Gasteiger partial charge on any atom is 0.208 e. The Kier molecular flexibility index (Phi) is 4.18. The van der Waals surface area contributed by atoms with Gasteiger partial charge in [-0.2, -0.15) is 0 Å². The third-order valence-electron chi connectivity index (χ3n) is 4.84. The van der Waals surface area contributed by atoms with Crippen LogP contribution < -0.4 is 9.46 Å². The topological polar surface area (TPSA) is 58.6 Å². The van der Waals surface area contributed by atoms with Crippen LogP contribution in [-0.2, 0) is 16.6 Å². The highest BCUT2D eigenvalue weighted by Gasteiger charge is 2.48. The highest BCUT2D eigenvalue weighted by molar-refractivity contribution is 7.88. The zero-order valence-corrected chi connectivity index (χ0v) is 14.0. The predicted molar refractivity (Wildman–Crippen MR) is 86.3 cm³/mol. The standard InChI is InChI=1S/C16H24N2O3S/c1-21-15-6-4-3-5-13(15)11-18-8-7-16(12-18)9-14(10-16)17-22(2,19)20/h3-6,14,17H,7-12H2,1-2H3. The van der Waals surface area contributed by atoms with Crippen molar-refractivity contribution in [3.8, 4) is 5.75 Å². The molecule has 1 saturated carbocycles. The van der Waals surface area contributed by atoms with Crippen LogP contribution in [0.25, 0.3) is 0 Å². The van der Waals surface area contributed by atoms with Gasteiger partial charge >= 0.3 is 0 Å². The molecule has 0 amide bonds. The summed E-state index contributed by atoms with van der Waals surface area (Å²) in [6, 6.07) is 8.26. The molecule has 6 heteroatoms. The van der Waals surface area contributed by atoms with Crippen molar-refractivity contribution in [1.82, 2.24) is 9.62 Å². The number of likely N-dealkylation sites (tertiary alicyclic amines) is 1. The van der Waals surface area contributed by atoms with E-state index in [9.17, 15) is 8.42 Å². The zero-order chi connectivity index (χ0) is 15.8. The zero-order valence-electron chi connectivity index (χ0n) is 13.2. The molecule has 3 rings (SSSR count). The van der Waals surface area contributed by atoms with E-state index in [1.54, 1.807) is 7.11 Å². The van der Waals surface area contributed by atoms with Crippen LogP contribution in [-0.4, -0.2) is 45.8 Å². The van der Waals surface area contributed by atoms with E-state index < -0.39 is 10.0 Å². The number of methoxy groups -OCH3 is 1. The number of hydrogen-bond acceptors (Lipinski definition) is 4. The summed E-state index contributed by atoms with van der Waals surface area (Å²) in [4.78, 5) is 2.45. The molecule has 1 aromatic rings. The highest BCUT2D eigenvalue weighted by atomic mass is 32.2. The van der Waals surface area contributed by atoms with Gasteiger partial charge < -0.3 is 4.74 Å². The van der Waals surface area contributed by atoms with Crippen molar-refractivity contribution in [2.45, 2.75) is 31.8 Å². The number of sulfonamides is 1. The molecule has 22 heavy (non-hydrogen) atoms. The van der Waals surface area contributed by atoms with E-state index in [0.717, 1.165) is 44.6 Å². The lowest BCUT2D eigenvalue weighted by Gasteiger charge is -2.45. The minimum absolute atomic E-state index is 0.126. The summed E-state index contributed by atoms with van der Waals surface area (Å²) < 4.78 is 30.7. The largest absolute Gasteiger partial charge is 0.496 e. The maximum atomic E-state index is 11.3. The van der Waals surface area contributed by atoms with E-state index in [1.165, 1.54) is 11.8 Å². The van der Waals surface area contributed by atoms with Crippen LogP contribution in [0.4, 0.5) is 0 Å². The van der Waals surface area contributed by atoms with Gasteiger partial charge in [-0.3, -0.25) is 4.90 Å². The van der Waals surface area contributed by atoms with Crippen molar-refractivity contribution in [1.29, 1.82) is 0 Å². The van der Waals surface area contributed by atoms with E-state index >= 15 is 0 Å². The second kappa shape index (κ2) is 5.83. The number of para-hydroxylation sites is 1. The average molecular weight is 324 g/mol. The van der Waals surface area contributed by atoms with Crippen molar-refractivity contribution in [2.75, 3.05) is 26.5 Å². The normalized spacial score (nSPS) is 28.7. The molecule has 0 atom stereocenters. The van der Waals surface area contributed by atoms with Crippen LogP contribution in [0.5, 0.6) is 5.75 Å². The SMILES string of the molecule is COc1ccccc1CN1CCC2(CC(NS(C)(=O)=O)C2)C1. The van der Waals surface area contributed by atoms with Gasteiger partial charge in [-0.1, -0.05) is 18.2 Å². The van der Waals surface area contributed by atoms with Gasteiger partial charge in [0, 0.05) is 24.7 Å². The summed E-state index contributed by atoms with van der Waals surface area (Å²) in [6.07, 6.45) is 4.32. The van der Waals surface area contributed by atoms with Gasteiger partial charge in [-0.25, -0.2) is 13.1 Å². The van der Waals surface area contributed by atoms with Crippen molar-refractivity contribution in [3.63, 3.8) is 0 Å². The first-order valence-corrected chi connectivity index (χ1v) is 9.60. The average Bonchev–Trinajstić information content (AvgIpc) is 2.81. The van der Waals surface area contributed by atoms with E-state index in [1.807, 2.05) is 18.2 Å². The van der Waals surface area contributed by atoms with Crippen LogP contribution in [0.15, 0.2) is 24.3 Å². The van der Waals surface area contributed by atoms with Crippen LogP contribution in [0.1, 0.15) is 24.8 Å². The van der Waals surface area contributed by atoms with E-state index in [0.29, 0.717) is 5.41 Å². The van der Waals surface area contributed by atoms with Gasteiger partial charge in [0.25, 0.3) is 0 Å². The Morgan fingerprint density at radius 1 is 1.36 bits per heavy atom. The second-order valence-electron chi connectivity index (χ2n) is 6.77. The Hall–Kier alpha value is -1.11. The first-order valence-electron chi connectivity index (χ1n) is 7.71. The van der Waals surface area contributed by atoms with Gasteiger partial charge in [0.1, 0.15) is 5.75 Å². The summed E-state index contributed by atoms with van der Waals surface area (Å²) >= 11 is 0. The van der Waals surface area contributed by atoms with Gasteiger partial charge in [-0.05, 0) is 37.3 Å². The van der Waals surface area contributed by atoms with E-state index in [2.05, 4.69) is 15.7 Å². The van der Waals surface area contributed by atoms with Crippen LogP contribution in [0, 0.1) is 5.41 Å². The molecule has 0 aromatic heterocycles. The molecular weight excluding hydrogens is 300 g/mol. The fraction of sp³-hybridized carbons (Fsp3) is 0.625. The molecule has 2 aliphatic rings. The first-order chi connectivity index (χ1) is 10.4. The second-order valence-corrected chi connectivity index (χ2v) is 8.55. The Morgan fingerprint density at radius 2 is 2.09 bits per heavy atom. The predicted octanol–water partition coefficient (Wildman–Crippen LogP) is 1.60. The Balaban J connectivity index is 1.56. The minimum Gasteiger partial charge on any atom is -0.496 e. The van der Waals surface area contributed by atoms with Gasteiger partial charge in [0.15, 0.2) is 0 Å². The Labute approximate surface area is 132 Å². The van der Waals surface area contributed by atoms with E-state index in [-0.39, 0.29) is 6.04 Å². The number of rotatable bonds is 5. The van der Waals surface area contributed by atoms with E-state index in [4.69, 9.17) is 4.74 Å². The summed E-state index contributed by atoms with van der Waals surface area (Å²) in [6.45, 7) is 3.02. The van der Waals surface area contributed by atoms with Crippen LogP contribution in [0.2, 0.25) is 0 Å². The summed E-state index contributed by atoms with van der Waals surface area (Å²) in [5, 5.41) is 0. The molecule has 1 saturated heterocycles. The maximum absolute atomic E-state index is 11.3. The number of benzene rings is 1. The first kappa shape index (κ1) is 15.8. The number of nitrogens with zero attached hydrogens (tertiary/aromatic N) is 1. The molecule has 1 heterocycles. The molecule has 122 valence electrons. The molecule has 2 fully saturated rings. The summed E-state index contributed by atoms with van der Waals surface area (Å²) in [7, 11) is -1.38. The molecule has 1 aliphatic heterocycles. The number of nitrogens with one attached hydrogen (secondary N) is 1. The quantitative estimate of drug-likeness (QED) is 0.894. The molecule has 1 spiro atoms. The smallest absolute Gasteiger partial charge is 0.208 e. The van der Waals surface area contributed by atoms with Crippen molar-refractivity contribution in [3.05, 3.63) is 29.8 Å². The Morgan fingerprint density at radius 3 is 2.77 bits per heavy atom. The molecule has 0 bridgehead atoms. The molecule has 1 aliphatic carbocycles.